The van der Waals surface area contributed by atoms with Crippen LogP contribution in [0, 0.1) is 0 Å². The third-order valence-electron chi connectivity index (χ3n) is 4.15. The van der Waals surface area contributed by atoms with E-state index in [1.807, 2.05) is 0 Å². The zero-order valence-corrected chi connectivity index (χ0v) is 13.7. The number of rotatable bonds is 5. The van der Waals surface area contributed by atoms with E-state index in [0.29, 0.717) is 17.9 Å². The average Bonchev–Trinajstić information content (AvgIpc) is 2.60. The Hall–Kier alpha value is -2.56. The Labute approximate surface area is 140 Å². The summed E-state index contributed by atoms with van der Waals surface area (Å²) >= 11 is 0. The Morgan fingerprint density at radius 2 is 2.12 bits per heavy atom. The molecule has 24 heavy (non-hydrogen) atoms. The predicted octanol–water partition coefficient (Wildman–Crippen LogP) is 3.18. The quantitative estimate of drug-likeness (QED) is 0.676. The summed E-state index contributed by atoms with van der Waals surface area (Å²) in [6.45, 7) is 2.29. The zero-order valence-electron chi connectivity index (χ0n) is 13.7. The van der Waals surface area contributed by atoms with Crippen molar-refractivity contribution in [3.63, 3.8) is 0 Å². The molecule has 0 bridgehead atoms. The van der Waals surface area contributed by atoms with E-state index in [4.69, 9.17) is 9.15 Å². The maximum Gasteiger partial charge on any atom is 0.336 e. The van der Waals surface area contributed by atoms with Crippen molar-refractivity contribution in [3.8, 4) is 5.75 Å². The molecule has 0 radical (unpaired) electrons. The molecule has 0 fully saturated rings. The minimum absolute atomic E-state index is 0.156. The molecule has 1 atom stereocenters. The van der Waals surface area contributed by atoms with Gasteiger partial charge in [-0.3, -0.25) is 4.79 Å². The second-order valence-corrected chi connectivity index (χ2v) is 6.04. The average molecular weight is 327 g/mol. The first kappa shape index (κ1) is 16.3. The summed E-state index contributed by atoms with van der Waals surface area (Å²) in [5, 5.41) is 3.72. The van der Waals surface area contributed by atoms with E-state index >= 15 is 0 Å². The molecule has 0 saturated carbocycles. The molecule has 1 unspecified atom stereocenters. The van der Waals surface area contributed by atoms with Crippen LogP contribution in [-0.2, 0) is 4.79 Å². The van der Waals surface area contributed by atoms with Gasteiger partial charge in [0.05, 0.1) is 0 Å². The van der Waals surface area contributed by atoms with Crippen LogP contribution >= 0.6 is 0 Å². The Kier molecular flexibility index (Phi) is 4.99. The third-order valence-corrected chi connectivity index (χ3v) is 4.15. The fourth-order valence-corrected chi connectivity index (χ4v) is 2.78. The van der Waals surface area contributed by atoms with Gasteiger partial charge >= 0.3 is 5.63 Å². The van der Waals surface area contributed by atoms with Gasteiger partial charge in [0.15, 0.2) is 6.10 Å². The van der Waals surface area contributed by atoms with Gasteiger partial charge in [-0.2, -0.15) is 0 Å². The summed E-state index contributed by atoms with van der Waals surface area (Å²) in [6, 6.07) is 8.25. The van der Waals surface area contributed by atoms with Gasteiger partial charge in [0.25, 0.3) is 5.91 Å². The van der Waals surface area contributed by atoms with Crippen LogP contribution in [0.5, 0.6) is 5.75 Å². The SMILES string of the molecule is CC(Oc1ccc2ccc(=O)oc2c1)C(=O)NCC1=CCCCC1. The summed E-state index contributed by atoms with van der Waals surface area (Å²) in [4.78, 5) is 23.5. The van der Waals surface area contributed by atoms with E-state index in [0.717, 1.165) is 18.2 Å². The first-order chi connectivity index (χ1) is 11.6. The number of fused-ring (bicyclic) bond motifs is 1. The normalized spacial score (nSPS) is 15.6. The number of nitrogens with one attached hydrogen (secondary N) is 1. The van der Waals surface area contributed by atoms with Crippen LogP contribution in [0.15, 0.2) is 51.2 Å². The first-order valence-electron chi connectivity index (χ1n) is 8.28. The largest absolute Gasteiger partial charge is 0.481 e. The van der Waals surface area contributed by atoms with E-state index in [-0.39, 0.29) is 5.91 Å². The van der Waals surface area contributed by atoms with Crippen molar-refractivity contribution >= 4 is 16.9 Å². The molecule has 0 saturated heterocycles. The van der Waals surface area contributed by atoms with Crippen molar-refractivity contribution < 1.29 is 13.9 Å². The first-order valence-corrected chi connectivity index (χ1v) is 8.28. The molecule has 1 N–H and O–H groups in total. The molecule has 2 aromatic rings. The standard InChI is InChI=1S/C19H21NO4/c1-13(19(22)20-12-14-5-3-2-4-6-14)23-16-9-7-15-8-10-18(21)24-17(15)11-16/h5,7-11,13H,2-4,6,12H2,1H3,(H,20,22). The van der Waals surface area contributed by atoms with Crippen molar-refractivity contribution in [2.75, 3.05) is 6.54 Å². The van der Waals surface area contributed by atoms with Gasteiger partial charge in [0.2, 0.25) is 0 Å². The fourth-order valence-electron chi connectivity index (χ4n) is 2.78. The third kappa shape index (κ3) is 4.04. The van der Waals surface area contributed by atoms with E-state index in [1.54, 1.807) is 31.2 Å². The lowest BCUT2D eigenvalue weighted by Gasteiger charge is -2.17. The molecule has 126 valence electrons. The zero-order chi connectivity index (χ0) is 16.9. The van der Waals surface area contributed by atoms with E-state index in [9.17, 15) is 9.59 Å². The van der Waals surface area contributed by atoms with Gasteiger partial charge in [-0.25, -0.2) is 4.79 Å². The Morgan fingerprint density at radius 1 is 1.29 bits per heavy atom. The summed E-state index contributed by atoms with van der Waals surface area (Å²) in [5.41, 5.74) is 1.32. The van der Waals surface area contributed by atoms with Crippen LogP contribution in [-0.4, -0.2) is 18.6 Å². The van der Waals surface area contributed by atoms with Crippen LogP contribution in [0.4, 0.5) is 0 Å². The van der Waals surface area contributed by atoms with E-state index in [2.05, 4.69) is 11.4 Å². The highest BCUT2D eigenvalue weighted by atomic mass is 16.5. The molecule has 5 nitrogen and oxygen atoms in total. The van der Waals surface area contributed by atoms with Crippen LogP contribution in [0.1, 0.15) is 32.6 Å². The Bertz CT molecular complexity index is 821. The predicted molar refractivity (Wildman–Crippen MR) is 92.1 cm³/mol. The summed E-state index contributed by atoms with van der Waals surface area (Å²) < 4.78 is 10.8. The van der Waals surface area contributed by atoms with Gasteiger partial charge in [-0.1, -0.05) is 11.6 Å². The molecule has 1 aliphatic carbocycles. The number of hydrogen-bond donors (Lipinski definition) is 1. The van der Waals surface area contributed by atoms with Crippen molar-refractivity contribution in [2.45, 2.75) is 38.7 Å². The number of carbonyl (C=O) groups is 1. The molecule has 0 aliphatic heterocycles. The second-order valence-electron chi connectivity index (χ2n) is 6.04. The van der Waals surface area contributed by atoms with Crippen molar-refractivity contribution in [3.05, 3.63) is 52.4 Å². The highest BCUT2D eigenvalue weighted by molar-refractivity contribution is 5.81. The van der Waals surface area contributed by atoms with Gasteiger partial charge in [0, 0.05) is 24.1 Å². The summed E-state index contributed by atoms with van der Waals surface area (Å²) in [6.07, 6.45) is 6.16. The molecular weight excluding hydrogens is 306 g/mol. The number of carbonyl (C=O) groups excluding carboxylic acids is 1. The molecule has 1 heterocycles. The number of hydrogen-bond acceptors (Lipinski definition) is 4. The van der Waals surface area contributed by atoms with Crippen LogP contribution in [0.2, 0.25) is 0 Å². The highest BCUT2D eigenvalue weighted by Crippen LogP contribution is 2.20. The molecule has 3 rings (SSSR count). The van der Waals surface area contributed by atoms with Crippen molar-refractivity contribution in [2.24, 2.45) is 0 Å². The highest BCUT2D eigenvalue weighted by Gasteiger charge is 2.15. The maximum absolute atomic E-state index is 12.2. The minimum atomic E-state index is -0.623. The van der Waals surface area contributed by atoms with Gasteiger partial charge < -0.3 is 14.5 Å². The van der Waals surface area contributed by atoms with Gasteiger partial charge in [0.1, 0.15) is 11.3 Å². The Morgan fingerprint density at radius 3 is 2.92 bits per heavy atom. The molecule has 1 aliphatic rings. The van der Waals surface area contributed by atoms with E-state index < -0.39 is 11.7 Å². The maximum atomic E-state index is 12.2. The van der Waals surface area contributed by atoms with Crippen LogP contribution < -0.4 is 15.7 Å². The molecule has 1 amide bonds. The lowest BCUT2D eigenvalue weighted by Crippen LogP contribution is -2.37. The van der Waals surface area contributed by atoms with Gasteiger partial charge in [-0.15, -0.1) is 0 Å². The minimum Gasteiger partial charge on any atom is -0.481 e. The number of benzene rings is 1. The van der Waals surface area contributed by atoms with Gasteiger partial charge in [-0.05, 0) is 50.8 Å². The number of amides is 1. The number of ether oxygens (including phenoxy) is 1. The number of allylic oxidation sites excluding steroid dienone is 1. The summed E-state index contributed by atoms with van der Waals surface area (Å²) in [7, 11) is 0. The molecule has 5 heteroatoms. The molecule has 1 aromatic heterocycles. The second kappa shape index (κ2) is 7.34. The van der Waals surface area contributed by atoms with Crippen LogP contribution in [0.25, 0.3) is 11.0 Å². The molecule has 0 spiro atoms. The smallest absolute Gasteiger partial charge is 0.336 e. The molecular formula is C19H21NO4. The topological polar surface area (TPSA) is 68.5 Å². The van der Waals surface area contributed by atoms with E-state index in [1.165, 1.54) is 24.5 Å². The fraction of sp³-hybridized carbons (Fsp3) is 0.368. The lowest BCUT2D eigenvalue weighted by atomic mass is 10.00. The lowest BCUT2D eigenvalue weighted by molar-refractivity contribution is -0.127. The van der Waals surface area contributed by atoms with Crippen molar-refractivity contribution in [1.29, 1.82) is 0 Å². The summed E-state index contributed by atoms with van der Waals surface area (Å²) in [5.74, 6) is 0.340. The Balaban J connectivity index is 1.61. The monoisotopic (exact) mass is 327 g/mol. The van der Waals surface area contributed by atoms with Crippen molar-refractivity contribution in [1.82, 2.24) is 5.32 Å². The van der Waals surface area contributed by atoms with Crippen LogP contribution in [0.3, 0.4) is 0 Å². The molecule has 1 aromatic carbocycles.